The molecule has 2 heterocycles. The van der Waals surface area contributed by atoms with Crippen molar-refractivity contribution in [3.05, 3.63) is 60.4 Å². The molecule has 4 nitrogen and oxygen atoms in total. The molecule has 1 atom stereocenters. The van der Waals surface area contributed by atoms with Crippen LogP contribution in [0.2, 0.25) is 0 Å². The van der Waals surface area contributed by atoms with Gasteiger partial charge in [-0.3, -0.25) is 15.0 Å². The van der Waals surface area contributed by atoms with Gasteiger partial charge in [-0.2, -0.15) is 0 Å². The quantitative estimate of drug-likeness (QED) is 0.786. The Morgan fingerprint density at radius 3 is 2.75 bits per heavy atom. The molecule has 3 rings (SSSR count). The molecule has 0 radical (unpaired) electrons. The van der Waals surface area contributed by atoms with Gasteiger partial charge in [-0.05, 0) is 26.0 Å². The van der Waals surface area contributed by atoms with E-state index in [-0.39, 0.29) is 6.04 Å². The average molecular weight is 264 g/mol. The van der Waals surface area contributed by atoms with Crippen LogP contribution < -0.4 is 5.32 Å². The van der Waals surface area contributed by atoms with Crippen LogP contribution in [0.1, 0.15) is 24.4 Å². The van der Waals surface area contributed by atoms with Crippen LogP contribution in [-0.2, 0) is 0 Å². The van der Waals surface area contributed by atoms with Gasteiger partial charge in [0.1, 0.15) is 0 Å². The molecule has 0 aliphatic carbocycles. The molecule has 0 bridgehead atoms. The number of anilines is 1. The van der Waals surface area contributed by atoms with Gasteiger partial charge in [0, 0.05) is 41.2 Å². The minimum Gasteiger partial charge on any atom is -0.376 e. The van der Waals surface area contributed by atoms with Crippen molar-refractivity contribution in [3.8, 4) is 0 Å². The summed E-state index contributed by atoms with van der Waals surface area (Å²) in [5, 5.41) is 5.80. The Balaban J connectivity index is 1.96. The topological polar surface area (TPSA) is 50.7 Å². The lowest BCUT2D eigenvalue weighted by Gasteiger charge is -2.17. The second-order valence-corrected chi connectivity index (χ2v) is 4.80. The molecule has 1 aromatic carbocycles. The number of nitrogens with zero attached hydrogens (tertiary/aromatic N) is 3. The highest BCUT2D eigenvalue weighted by Gasteiger charge is 2.11. The highest BCUT2D eigenvalue weighted by Crippen LogP contribution is 2.26. The summed E-state index contributed by atoms with van der Waals surface area (Å²) in [5.41, 5.74) is 3.01. The van der Waals surface area contributed by atoms with Gasteiger partial charge in [0.15, 0.2) is 0 Å². The number of aromatic nitrogens is 3. The van der Waals surface area contributed by atoms with Crippen LogP contribution in [0, 0.1) is 6.92 Å². The molecule has 1 N–H and O–H groups in total. The third-order valence-electron chi connectivity index (χ3n) is 3.38. The van der Waals surface area contributed by atoms with Crippen LogP contribution in [-0.4, -0.2) is 15.0 Å². The average Bonchev–Trinajstić information content (AvgIpc) is 2.48. The number of pyridine rings is 1. The molecule has 0 fully saturated rings. The van der Waals surface area contributed by atoms with Gasteiger partial charge in [-0.15, -0.1) is 0 Å². The number of hydrogen-bond donors (Lipinski definition) is 1. The molecule has 100 valence electrons. The van der Waals surface area contributed by atoms with Crippen LogP contribution in [0.15, 0.2) is 49.1 Å². The molecule has 0 saturated heterocycles. The Hall–Kier alpha value is -2.49. The minimum absolute atomic E-state index is 0.0995. The summed E-state index contributed by atoms with van der Waals surface area (Å²) in [6.07, 6.45) is 7.13. The van der Waals surface area contributed by atoms with Crippen molar-refractivity contribution < 1.29 is 0 Å². The second kappa shape index (κ2) is 5.25. The van der Waals surface area contributed by atoms with E-state index >= 15 is 0 Å². The lowest BCUT2D eigenvalue weighted by Crippen LogP contribution is -2.11. The molecular formula is C16H16N4. The fourth-order valence-electron chi connectivity index (χ4n) is 2.39. The molecule has 1 unspecified atom stereocenters. The van der Waals surface area contributed by atoms with E-state index in [1.807, 2.05) is 31.5 Å². The first-order valence-corrected chi connectivity index (χ1v) is 6.62. The van der Waals surface area contributed by atoms with Crippen LogP contribution in [0.3, 0.4) is 0 Å². The van der Waals surface area contributed by atoms with E-state index in [4.69, 9.17) is 0 Å². The SMILES string of the molecule is Cc1nccnc1C(C)Nc1cccc2cnccc12. The van der Waals surface area contributed by atoms with Crippen molar-refractivity contribution in [1.82, 2.24) is 15.0 Å². The third kappa shape index (κ3) is 2.32. The Labute approximate surface area is 117 Å². The van der Waals surface area contributed by atoms with Crippen molar-refractivity contribution in [2.45, 2.75) is 19.9 Å². The predicted octanol–water partition coefficient (Wildman–Crippen LogP) is 3.51. The Morgan fingerprint density at radius 2 is 1.90 bits per heavy atom. The molecule has 0 aliphatic heterocycles. The molecule has 2 aromatic heterocycles. The molecule has 4 heteroatoms. The monoisotopic (exact) mass is 264 g/mol. The first kappa shape index (κ1) is 12.5. The number of hydrogen-bond acceptors (Lipinski definition) is 4. The summed E-state index contributed by atoms with van der Waals surface area (Å²) in [6.45, 7) is 4.07. The van der Waals surface area contributed by atoms with Crippen LogP contribution in [0.4, 0.5) is 5.69 Å². The minimum atomic E-state index is 0.0995. The van der Waals surface area contributed by atoms with E-state index < -0.39 is 0 Å². The zero-order valence-corrected chi connectivity index (χ0v) is 11.5. The number of benzene rings is 1. The lowest BCUT2D eigenvalue weighted by molar-refractivity contribution is 0.811. The molecular weight excluding hydrogens is 248 g/mol. The van der Waals surface area contributed by atoms with E-state index in [1.54, 1.807) is 12.4 Å². The number of aryl methyl sites for hydroxylation is 1. The van der Waals surface area contributed by atoms with Crippen molar-refractivity contribution in [2.75, 3.05) is 5.32 Å². The summed E-state index contributed by atoms with van der Waals surface area (Å²) in [5.74, 6) is 0. The van der Waals surface area contributed by atoms with Crippen molar-refractivity contribution in [1.29, 1.82) is 0 Å². The van der Waals surface area contributed by atoms with Crippen LogP contribution >= 0.6 is 0 Å². The molecule has 0 amide bonds. The van der Waals surface area contributed by atoms with E-state index in [1.165, 1.54) is 0 Å². The highest BCUT2D eigenvalue weighted by molar-refractivity contribution is 5.93. The van der Waals surface area contributed by atoms with Gasteiger partial charge >= 0.3 is 0 Å². The first-order valence-electron chi connectivity index (χ1n) is 6.62. The zero-order chi connectivity index (χ0) is 13.9. The van der Waals surface area contributed by atoms with Crippen molar-refractivity contribution >= 4 is 16.5 Å². The van der Waals surface area contributed by atoms with E-state index in [9.17, 15) is 0 Å². The van der Waals surface area contributed by atoms with Crippen molar-refractivity contribution in [2.24, 2.45) is 0 Å². The molecule has 0 saturated carbocycles. The summed E-state index contributed by atoms with van der Waals surface area (Å²) < 4.78 is 0. The van der Waals surface area contributed by atoms with E-state index in [0.717, 1.165) is 27.8 Å². The van der Waals surface area contributed by atoms with E-state index in [0.29, 0.717) is 0 Å². The van der Waals surface area contributed by atoms with Gasteiger partial charge in [0.25, 0.3) is 0 Å². The van der Waals surface area contributed by atoms with Crippen LogP contribution in [0.5, 0.6) is 0 Å². The maximum atomic E-state index is 4.42. The summed E-state index contributed by atoms with van der Waals surface area (Å²) >= 11 is 0. The molecule has 3 aromatic rings. The third-order valence-corrected chi connectivity index (χ3v) is 3.38. The Kier molecular flexibility index (Phi) is 3.29. The fraction of sp³-hybridized carbons (Fsp3) is 0.188. The van der Waals surface area contributed by atoms with Gasteiger partial charge in [-0.1, -0.05) is 12.1 Å². The van der Waals surface area contributed by atoms with E-state index in [2.05, 4.69) is 39.3 Å². The summed E-state index contributed by atoms with van der Waals surface area (Å²) in [7, 11) is 0. The van der Waals surface area contributed by atoms with Crippen LogP contribution in [0.25, 0.3) is 10.8 Å². The molecule has 0 spiro atoms. The number of nitrogens with one attached hydrogen (secondary N) is 1. The second-order valence-electron chi connectivity index (χ2n) is 4.80. The summed E-state index contributed by atoms with van der Waals surface area (Å²) in [4.78, 5) is 12.9. The zero-order valence-electron chi connectivity index (χ0n) is 11.5. The number of rotatable bonds is 3. The molecule has 20 heavy (non-hydrogen) atoms. The Morgan fingerprint density at radius 1 is 1.05 bits per heavy atom. The highest BCUT2D eigenvalue weighted by atomic mass is 15.0. The predicted molar refractivity (Wildman–Crippen MR) is 80.5 cm³/mol. The van der Waals surface area contributed by atoms with Gasteiger partial charge in [0.2, 0.25) is 0 Å². The first-order chi connectivity index (χ1) is 9.75. The molecule has 0 aliphatic rings. The normalized spacial score (nSPS) is 12.3. The van der Waals surface area contributed by atoms with Gasteiger partial charge < -0.3 is 5.32 Å². The van der Waals surface area contributed by atoms with Crippen molar-refractivity contribution in [3.63, 3.8) is 0 Å². The van der Waals surface area contributed by atoms with Gasteiger partial charge in [0.05, 0.1) is 17.4 Å². The fourth-order valence-corrected chi connectivity index (χ4v) is 2.39. The smallest absolute Gasteiger partial charge is 0.0835 e. The standard InChI is InChI=1S/C16H16N4/c1-11-16(19-9-8-18-11)12(2)20-15-5-3-4-13-10-17-7-6-14(13)15/h3-10,12,20H,1-2H3. The summed E-state index contributed by atoms with van der Waals surface area (Å²) in [6, 6.07) is 8.29. The largest absolute Gasteiger partial charge is 0.376 e. The maximum Gasteiger partial charge on any atom is 0.0835 e. The maximum absolute atomic E-state index is 4.42. The number of fused-ring (bicyclic) bond motifs is 1. The lowest BCUT2D eigenvalue weighted by atomic mass is 10.1. The van der Waals surface area contributed by atoms with Gasteiger partial charge in [-0.25, -0.2) is 0 Å². The Bertz CT molecular complexity index is 734.